The topological polar surface area (TPSA) is 67.8 Å². The Morgan fingerprint density at radius 2 is 1.33 bits per heavy atom. The lowest BCUT2D eigenvalue weighted by atomic mass is 10.0. The van der Waals surface area contributed by atoms with Gasteiger partial charge in [0.25, 0.3) is 0 Å². The van der Waals surface area contributed by atoms with Crippen LogP contribution in [0.4, 0.5) is 0 Å². The molecule has 0 aliphatic heterocycles. The van der Waals surface area contributed by atoms with Gasteiger partial charge in [-0.25, -0.2) is 10.2 Å². The van der Waals surface area contributed by atoms with Gasteiger partial charge < -0.3 is 4.74 Å². The standard InChI is InChI=1S/C33H47BrN2O3/c1-3-4-5-6-7-8-9-10-11-12-13-14-15-16-17-18-32(37)36-35-26-29-25-30(34)23-24-31(29)39-33(38)28-21-19-27(2)20-22-28/h19-26H,3-18H2,1-2H3,(H,36,37). The molecule has 0 aliphatic rings. The second-order valence-electron chi connectivity index (χ2n) is 10.4. The fourth-order valence-electron chi connectivity index (χ4n) is 4.45. The van der Waals surface area contributed by atoms with E-state index in [-0.39, 0.29) is 5.91 Å². The maximum absolute atomic E-state index is 12.5. The molecule has 2 rings (SSSR count). The first-order valence-corrected chi connectivity index (χ1v) is 15.7. The third kappa shape index (κ3) is 15.0. The maximum Gasteiger partial charge on any atom is 0.343 e. The molecule has 214 valence electrons. The highest BCUT2D eigenvalue weighted by atomic mass is 79.9. The van der Waals surface area contributed by atoms with E-state index in [9.17, 15) is 9.59 Å². The molecule has 0 spiro atoms. The van der Waals surface area contributed by atoms with Gasteiger partial charge in [0.15, 0.2) is 0 Å². The van der Waals surface area contributed by atoms with Crippen molar-refractivity contribution in [1.82, 2.24) is 5.43 Å². The van der Waals surface area contributed by atoms with Crippen LogP contribution in [-0.4, -0.2) is 18.1 Å². The number of nitrogens with one attached hydrogen (secondary N) is 1. The summed E-state index contributed by atoms with van der Waals surface area (Å²) in [6.07, 6.45) is 21.5. The predicted octanol–water partition coefficient (Wildman–Crippen LogP) is 9.69. The number of ether oxygens (including phenoxy) is 1. The number of amides is 1. The zero-order chi connectivity index (χ0) is 28.1. The van der Waals surface area contributed by atoms with Gasteiger partial charge in [0.1, 0.15) is 5.75 Å². The number of hydrogen-bond acceptors (Lipinski definition) is 4. The van der Waals surface area contributed by atoms with E-state index in [1.807, 2.05) is 19.1 Å². The second-order valence-corrected chi connectivity index (χ2v) is 11.3. The molecule has 0 fully saturated rings. The van der Waals surface area contributed by atoms with E-state index in [0.717, 1.165) is 22.9 Å². The molecule has 0 atom stereocenters. The number of carbonyl (C=O) groups excluding carboxylic acids is 2. The lowest BCUT2D eigenvalue weighted by Crippen LogP contribution is -2.17. The van der Waals surface area contributed by atoms with E-state index < -0.39 is 5.97 Å². The average Bonchev–Trinajstić information content (AvgIpc) is 2.92. The summed E-state index contributed by atoms with van der Waals surface area (Å²) >= 11 is 3.43. The van der Waals surface area contributed by atoms with E-state index in [0.29, 0.717) is 23.3 Å². The number of rotatable bonds is 20. The number of esters is 1. The predicted molar refractivity (Wildman–Crippen MR) is 166 cm³/mol. The third-order valence-electron chi connectivity index (χ3n) is 6.86. The van der Waals surface area contributed by atoms with Crippen molar-refractivity contribution in [1.29, 1.82) is 0 Å². The summed E-state index contributed by atoms with van der Waals surface area (Å²) in [6, 6.07) is 12.5. The molecule has 1 N–H and O–H groups in total. The van der Waals surface area contributed by atoms with E-state index in [4.69, 9.17) is 4.74 Å². The van der Waals surface area contributed by atoms with E-state index in [1.54, 1.807) is 30.3 Å². The van der Waals surface area contributed by atoms with Crippen LogP contribution in [0.15, 0.2) is 52.0 Å². The summed E-state index contributed by atoms with van der Waals surface area (Å²) in [7, 11) is 0. The van der Waals surface area contributed by atoms with Crippen LogP contribution in [-0.2, 0) is 4.79 Å². The molecular weight excluding hydrogens is 552 g/mol. The maximum atomic E-state index is 12.5. The Balaban J connectivity index is 1.57. The Hall–Kier alpha value is -2.47. The van der Waals surface area contributed by atoms with Crippen molar-refractivity contribution < 1.29 is 14.3 Å². The van der Waals surface area contributed by atoms with Crippen LogP contribution in [0.2, 0.25) is 0 Å². The molecule has 0 saturated carbocycles. The summed E-state index contributed by atoms with van der Waals surface area (Å²) in [5.41, 5.74) is 4.74. The number of carbonyl (C=O) groups is 2. The molecule has 0 radical (unpaired) electrons. The zero-order valence-electron chi connectivity index (χ0n) is 24.0. The lowest BCUT2D eigenvalue weighted by Gasteiger charge is -2.08. The van der Waals surface area contributed by atoms with Crippen LogP contribution in [0.5, 0.6) is 5.75 Å². The van der Waals surface area contributed by atoms with Gasteiger partial charge in [-0.2, -0.15) is 5.10 Å². The molecule has 2 aromatic carbocycles. The fourth-order valence-corrected chi connectivity index (χ4v) is 4.83. The van der Waals surface area contributed by atoms with E-state index in [1.165, 1.54) is 89.7 Å². The van der Waals surface area contributed by atoms with Crippen molar-refractivity contribution in [3.05, 3.63) is 63.6 Å². The molecule has 39 heavy (non-hydrogen) atoms. The van der Waals surface area contributed by atoms with Crippen LogP contribution in [0.25, 0.3) is 0 Å². The van der Waals surface area contributed by atoms with Crippen molar-refractivity contribution in [3.8, 4) is 5.75 Å². The normalized spacial score (nSPS) is 11.2. The SMILES string of the molecule is CCCCCCCCCCCCCCCCCC(=O)NN=Cc1cc(Br)ccc1OC(=O)c1ccc(C)cc1. The average molecular weight is 600 g/mol. The minimum Gasteiger partial charge on any atom is -0.422 e. The molecular formula is C33H47BrN2O3. The highest BCUT2D eigenvalue weighted by Gasteiger charge is 2.11. The number of benzene rings is 2. The van der Waals surface area contributed by atoms with Gasteiger partial charge in [-0.05, 0) is 43.7 Å². The van der Waals surface area contributed by atoms with Crippen LogP contribution < -0.4 is 10.2 Å². The van der Waals surface area contributed by atoms with Gasteiger partial charge in [-0.3, -0.25) is 4.79 Å². The van der Waals surface area contributed by atoms with Crippen LogP contribution in [0, 0.1) is 6.92 Å². The molecule has 0 aromatic heterocycles. The van der Waals surface area contributed by atoms with Gasteiger partial charge in [0.05, 0.1) is 11.8 Å². The number of hydrogen-bond donors (Lipinski definition) is 1. The lowest BCUT2D eigenvalue weighted by molar-refractivity contribution is -0.121. The Labute approximate surface area is 244 Å². The summed E-state index contributed by atoms with van der Waals surface area (Å²) in [6.45, 7) is 4.23. The van der Waals surface area contributed by atoms with Crippen LogP contribution in [0.1, 0.15) is 131 Å². The van der Waals surface area contributed by atoms with Crippen molar-refractivity contribution in [3.63, 3.8) is 0 Å². The molecule has 1 amide bonds. The Morgan fingerprint density at radius 1 is 0.795 bits per heavy atom. The molecule has 0 unspecified atom stereocenters. The third-order valence-corrected chi connectivity index (χ3v) is 7.36. The fraction of sp³-hybridized carbons (Fsp3) is 0.545. The highest BCUT2D eigenvalue weighted by molar-refractivity contribution is 9.10. The Bertz CT molecular complexity index is 1000. The molecule has 5 nitrogen and oxygen atoms in total. The van der Waals surface area contributed by atoms with Crippen molar-refractivity contribution in [2.45, 2.75) is 117 Å². The molecule has 0 bridgehead atoms. The van der Waals surface area contributed by atoms with Crippen molar-refractivity contribution in [2.75, 3.05) is 0 Å². The highest BCUT2D eigenvalue weighted by Crippen LogP contribution is 2.23. The second kappa shape index (κ2) is 20.4. The summed E-state index contributed by atoms with van der Waals surface area (Å²) in [5, 5.41) is 4.09. The monoisotopic (exact) mass is 598 g/mol. The summed E-state index contributed by atoms with van der Waals surface area (Å²) < 4.78 is 6.40. The van der Waals surface area contributed by atoms with Gasteiger partial charge >= 0.3 is 5.97 Å². The van der Waals surface area contributed by atoms with Gasteiger partial charge in [-0.15, -0.1) is 0 Å². The van der Waals surface area contributed by atoms with E-state index >= 15 is 0 Å². The molecule has 0 aliphatic carbocycles. The number of nitrogens with zero attached hydrogens (tertiary/aromatic N) is 1. The van der Waals surface area contributed by atoms with E-state index in [2.05, 4.69) is 33.4 Å². The first-order chi connectivity index (χ1) is 19.0. The zero-order valence-corrected chi connectivity index (χ0v) is 25.6. The van der Waals surface area contributed by atoms with Crippen molar-refractivity contribution in [2.24, 2.45) is 5.10 Å². The van der Waals surface area contributed by atoms with Gasteiger partial charge in [-0.1, -0.05) is 130 Å². The number of hydrazone groups is 1. The number of unbranched alkanes of at least 4 members (excludes halogenated alkanes) is 14. The number of aryl methyl sites for hydroxylation is 1. The summed E-state index contributed by atoms with van der Waals surface area (Å²) in [4.78, 5) is 24.7. The van der Waals surface area contributed by atoms with Crippen molar-refractivity contribution >= 4 is 34.0 Å². The Morgan fingerprint density at radius 3 is 1.90 bits per heavy atom. The molecule has 0 saturated heterocycles. The number of halogens is 1. The van der Waals surface area contributed by atoms with Gasteiger partial charge in [0.2, 0.25) is 5.91 Å². The van der Waals surface area contributed by atoms with Crippen LogP contribution >= 0.6 is 15.9 Å². The molecule has 2 aromatic rings. The minimum absolute atomic E-state index is 0.103. The van der Waals surface area contributed by atoms with Gasteiger partial charge in [0, 0.05) is 16.5 Å². The Kier molecular flexibility index (Phi) is 17.2. The minimum atomic E-state index is -0.441. The van der Waals surface area contributed by atoms with Crippen LogP contribution in [0.3, 0.4) is 0 Å². The largest absolute Gasteiger partial charge is 0.422 e. The quantitative estimate of drug-likeness (QED) is 0.0542. The molecule has 0 heterocycles. The first kappa shape index (κ1) is 32.7. The summed E-state index contributed by atoms with van der Waals surface area (Å²) in [5.74, 6) is -0.164. The first-order valence-electron chi connectivity index (χ1n) is 14.9. The molecule has 6 heteroatoms. The smallest absolute Gasteiger partial charge is 0.343 e.